The Labute approximate surface area is 169 Å². The summed E-state index contributed by atoms with van der Waals surface area (Å²) in [6.07, 6.45) is 0. The fourth-order valence-electron chi connectivity index (χ4n) is 3.05. The molecular formula is C20H16N4O4S. The van der Waals surface area contributed by atoms with E-state index in [9.17, 15) is 14.9 Å². The molecule has 0 atom stereocenters. The minimum absolute atomic E-state index is 0.0310. The lowest BCUT2D eigenvalue weighted by Crippen LogP contribution is -2.24. The number of nitro benzene ring substituents is 1. The number of nitro groups is 1. The molecule has 2 aromatic heterocycles. The van der Waals surface area contributed by atoms with E-state index in [4.69, 9.17) is 4.74 Å². The molecular weight excluding hydrogens is 392 g/mol. The number of hydrogen-bond donors (Lipinski definition) is 0. The predicted octanol–water partition coefficient (Wildman–Crippen LogP) is 3.79. The monoisotopic (exact) mass is 408 g/mol. The third-order valence-corrected chi connectivity index (χ3v) is 5.40. The highest BCUT2D eigenvalue weighted by molar-refractivity contribution is 7.19. The van der Waals surface area contributed by atoms with Crippen LogP contribution < -0.4 is 10.3 Å². The fraction of sp³-hybridized carbons (Fsp3) is 0.150. The van der Waals surface area contributed by atoms with Crippen LogP contribution in [-0.2, 0) is 6.54 Å². The van der Waals surface area contributed by atoms with Crippen molar-refractivity contribution < 1.29 is 9.66 Å². The Hall–Kier alpha value is -3.59. The minimum atomic E-state index is -0.463. The van der Waals surface area contributed by atoms with Crippen molar-refractivity contribution in [1.82, 2.24) is 14.8 Å². The maximum atomic E-state index is 12.9. The highest BCUT2D eigenvalue weighted by Gasteiger charge is 2.17. The zero-order valence-electron chi connectivity index (χ0n) is 15.7. The third-order valence-electron chi connectivity index (χ3n) is 4.42. The Morgan fingerprint density at radius 2 is 1.97 bits per heavy atom. The van der Waals surface area contributed by atoms with Gasteiger partial charge in [0.15, 0.2) is 5.52 Å². The van der Waals surface area contributed by atoms with E-state index in [0.29, 0.717) is 21.5 Å². The van der Waals surface area contributed by atoms with Crippen molar-refractivity contribution in [2.75, 3.05) is 7.11 Å². The first-order valence-electron chi connectivity index (χ1n) is 8.72. The number of nitrogens with zero attached hydrogens (tertiary/aromatic N) is 4. The number of benzene rings is 2. The van der Waals surface area contributed by atoms with Gasteiger partial charge in [-0.25, -0.2) is 9.67 Å². The number of fused-ring (bicyclic) bond motifs is 1. The van der Waals surface area contributed by atoms with Gasteiger partial charge in [0, 0.05) is 17.7 Å². The van der Waals surface area contributed by atoms with Crippen LogP contribution in [0.2, 0.25) is 0 Å². The van der Waals surface area contributed by atoms with E-state index in [1.54, 1.807) is 19.2 Å². The lowest BCUT2D eigenvalue weighted by molar-refractivity contribution is -0.384. The quantitative estimate of drug-likeness (QED) is 0.368. The summed E-state index contributed by atoms with van der Waals surface area (Å²) in [5.74, 6) is 0.718. The molecule has 0 bridgehead atoms. The van der Waals surface area contributed by atoms with Gasteiger partial charge in [-0.3, -0.25) is 14.9 Å². The first kappa shape index (κ1) is 18.8. The zero-order valence-corrected chi connectivity index (χ0v) is 16.5. The van der Waals surface area contributed by atoms with E-state index >= 15 is 0 Å². The van der Waals surface area contributed by atoms with Crippen LogP contribution in [0.3, 0.4) is 0 Å². The van der Waals surface area contributed by atoms with E-state index in [0.717, 1.165) is 16.3 Å². The highest BCUT2D eigenvalue weighted by Crippen LogP contribution is 2.30. The SMILES string of the molecule is COc1ccc(-c2nn(Cc3cccc([N+](=O)[O-])c3)c(=O)c3nc(C)sc23)cc1. The van der Waals surface area contributed by atoms with Gasteiger partial charge >= 0.3 is 0 Å². The van der Waals surface area contributed by atoms with Gasteiger partial charge in [-0.05, 0) is 36.8 Å². The van der Waals surface area contributed by atoms with Gasteiger partial charge in [0.25, 0.3) is 11.2 Å². The number of non-ortho nitro benzene ring substituents is 1. The summed E-state index contributed by atoms with van der Waals surface area (Å²) in [4.78, 5) is 27.9. The lowest BCUT2D eigenvalue weighted by Gasteiger charge is -2.09. The molecule has 4 rings (SSSR count). The van der Waals surface area contributed by atoms with E-state index in [1.165, 1.54) is 28.2 Å². The van der Waals surface area contributed by atoms with Crippen LogP contribution in [0.4, 0.5) is 5.69 Å². The molecule has 9 heteroatoms. The molecule has 146 valence electrons. The van der Waals surface area contributed by atoms with Crippen LogP contribution in [-0.4, -0.2) is 26.8 Å². The minimum Gasteiger partial charge on any atom is -0.497 e. The molecule has 0 saturated heterocycles. The van der Waals surface area contributed by atoms with Crippen molar-refractivity contribution in [3.63, 3.8) is 0 Å². The molecule has 0 aliphatic carbocycles. The number of rotatable bonds is 5. The Bertz CT molecular complexity index is 1280. The average molecular weight is 408 g/mol. The maximum absolute atomic E-state index is 12.9. The van der Waals surface area contributed by atoms with Crippen LogP contribution in [0.25, 0.3) is 21.5 Å². The molecule has 0 fully saturated rings. The van der Waals surface area contributed by atoms with Gasteiger partial charge < -0.3 is 4.74 Å². The van der Waals surface area contributed by atoms with Gasteiger partial charge in [0.1, 0.15) is 11.4 Å². The van der Waals surface area contributed by atoms with Crippen LogP contribution in [0, 0.1) is 17.0 Å². The second-order valence-electron chi connectivity index (χ2n) is 6.38. The van der Waals surface area contributed by atoms with Crippen LogP contribution >= 0.6 is 11.3 Å². The van der Waals surface area contributed by atoms with E-state index in [-0.39, 0.29) is 17.8 Å². The van der Waals surface area contributed by atoms with E-state index < -0.39 is 4.92 Å². The molecule has 2 aromatic carbocycles. The fourth-order valence-corrected chi connectivity index (χ4v) is 3.97. The molecule has 2 heterocycles. The average Bonchev–Trinajstić information content (AvgIpc) is 3.12. The van der Waals surface area contributed by atoms with Gasteiger partial charge in [0.05, 0.1) is 28.3 Å². The summed E-state index contributed by atoms with van der Waals surface area (Å²) in [6, 6.07) is 13.6. The Balaban J connectivity index is 1.86. The molecule has 0 spiro atoms. The normalized spacial score (nSPS) is 11.0. The first-order chi connectivity index (χ1) is 14.0. The molecule has 0 saturated carbocycles. The number of methoxy groups -OCH3 is 1. The first-order valence-corrected chi connectivity index (χ1v) is 9.54. The van der Waals surface area contributed by atoms with Crippen molar-refractivity contribution in [2.24, 2.45) is 0 Å². The van der Waals surface area contributed by atoms with Gasteiger partial charge in [0.2, 0.25) is 0 Å². The molecule has 0 aliphatic rings. The summed E-state index contributed by atoms with van der Waals surface area (Å²) in [5.41, 5.74) is 2.06. The standard InChI is InChI=1S/C20H16N4O4S/c1-12-21-18-19(29-12)17(14-6-8-16(28-2)9-7-14)22-23(20(18)25)11-13-4-3-5-15(10-13)24(26)27/h3-10H,11H2,1-2H3. The topological polar surface area (TPSA) is 100 Å². The van der Waals surface area contributed by atoms with Crippen LogP contribution in [0.1, 0.15) is 10.6 Å². The number of thiazole rings is 1. The van der Waals surface area contributed by atoms with Gasteiger partial charge in [-0.1, -0.05) is 12.1 Å². The van der Waals surface area contributed by atoms with Crippen molar-refractivity contribution in [2.45, 2.75) is 13.5 Å². The molecule has 0 N–H and O–H groups in total. The smallest absolute Gasteiger partial charge is 0.294 e. The summed E-state index contributed by atoms with van der Waals surface area (Å²) in [5, 5.41) is 16.4. The molecule has 8 nitrogen and oxygen atoms in total. The summed E-state index contributed by atoms with van der Waals surface area (Å²) < 4.78 is 7.23. The number of ether oxygens (including phenoxy) is 1. The predicted molar refractivity (Wildman–Crippen MR) is 111 cm³/mol. The summed E-state index contributed by atoms with van der Waals surface area (Å²) in [6.45, 7) is 1.95. The van der Waals surface area contributed by atoms with Crippen LogP contribution in [0.5, 0.6) is 5.75 Å². The Kier molecular flexibility index (Phi) is 4.81. The van der Waals surface area contributed by atoms with E-state index in [2.05, 4.69) is 10.1 Å². The Morgan fingerprint density at radius 3 is 2.66 bits per heavy atom. The Morgan fingerprint density at radius 1 is 1.21 bits per heavy atom. The van der Waals surface area contributed by atoms with Crippen molar-refractivity contribution in [3.8, 4) is 17.0 Å². The summed E-state index contributed by atoms with van der Waals surface area (Å²) >= 11 is 1.41. The third kappa shape index (κ3) is 3.59. The molecule has 4 aromatic rings. The number of aromatic nitrogens is 3. The van der Waals surface area contributed by atoms with Crippen molar-refractivity contribution in [1.29, 1.82) is 0 Å². The highest BCUT2D eigenvalue weighted by atomic mass is 32.1. The van der Waals surface area contributed by atoms with Gasteiger partial charge in [-0.15, -0.1) is 11.3 Å². The van der Waals surface area contributed by atoms with E-state index in [1.807, 2.05) is 31.2 Å². The zero-order chi connectivity index (χ0) is 20.5. The lowest BCUT2D eigenvalue weighted by atomic mass is 10.1. The summed E-state index contributed by atoms with van der Waals surface area (Å²) in [7, 11) is 1.59. The van der Waals surface area contributed by atoms with Gasteiger partial charge in [-0.2, -0.15) is 5.10 Å². The number of hydrogen-bond acceptors (Lipinski definition) is 7. The molecule has 0 aliphatic heterocycles. The largest absolute Gasteiger partial charge is 0.497 e. The second kappa shape index (κ2) is 7.44. The van der Waals surface area contributed by atoms with Crippen molar-refractivity contribution >= 4 is 27.2 Å². The second-order valence-corrected chi connectivity index (χ2v) is 7.58. The molecule has 0 amide bonds. The molecule has 29 heavy (non-hydrogen) atoms. The molecule has 0 radical (unpaired) electrons. The van der Waals surface area contributed by atoms with Crippen LogP contribution in [0.15, 0.2) is 53.3 Å². The molecule has 0 unspecified atom stereocenters. The maximum Gasteiger partial charge on any atom is 0.294 e. The number of aryl methyl sites for hydroxylation is 1. The van der Waals surface area contributed by atoms with Crippen molar-refractivity contribution in [3.05, 3.63) is 79.6 Å².